The maximum Gasteiger partial charge on any atom is 0.243 e. The van der Waals surface area contributed by atoms with Gasteiger partial charge in [0.25, 0.3) is 0 Å². The number of hydrogen-bond acceptors (Lipinski definition) is 5. The maximum atomic E-state index is 12.8. The fourth-order valence-corrected chi connectivity index (χ4v) is 3.90. The second-order valence-corrected chi connectivity index (χ2v) is 8.48. The van der Waals surface area contributed by atoms with Gasteiger partial charge in [-0.15, -0.1) is 0 Å². The Morgan fingerprint density at radius 1 is 1.19 bits per heavy atom. The number of carbonyl (C=O) groups excluding carboxylic acids is 1. The third kappa shape index (κ3) is 4.18. The van der Waals surface area contributed by atoms with Crippen molar-refractivity contribution in [2.75, 3.05) is 32.1 Å². The molecular weight excluding hydrogens is 392 g/mol. The predicted molar refractivity (Wildman–Crippen MR) is 102 cm³/mol. The average Bonchev–Trinajstić information content (AvgIpc) is 2.65. The first-order chi connectivity index (χ1) is 12.8. The number of rotatable bonds is 5. The molecule has 0 saturated carbocycles. The van der Waals surface area contributed by atoms with Crippen LogP contribution in [0.4, 0.5) is 5.69 Å². The van der Waals surface area contributed by atoms with Gasteiger partial charge in [-0.2, -0.15) is 4.31 Å². The quantitative estimate of drug-likeness (QED) is 0.819. The van der Waals surface area contributed by atoms with Crippen LogP contribution in [0.15, 0.2) is 41.3 Å². The van der Waals surface area contributed by atoms with E-state index >= 15 is 0 Å². The molecule has 0 atom stereocenters. The smallest absolute Gasteiger partial charge is 0.243 e. The monoisotopic (exact) mass is 410 g/mol. The number of halogens is 1. The number of benzene rings is 2. The minimum Gasteiger partial charge on any atom is -0.486 e. The van der Waals surface area contributed by atoms with E-state index in [4.69, 9.17) is 21.1 Å². The molecule has 0 saturated heterocycles. The largest absolute Gasteiger partial charge is 0.486 e. The molecule has 144 valence electrons. The van der Waals surface area contributed by atoms with Gasteiger partial charge >= 0.3 is 0 Å². The topological polar surface area (TPSA) is 84.9 Å². The second kappa shape index (κ2) is 7.75. The van der Waals surface area contributed by atoms with Crippen LogP contribution in [0.2, 0.25) is 5.02 Å². The van der Waals surface area contributed by atoms with E-state index in [0.717, 1.165) is 4.31 Å². The number of amides is 1. The summed E-state index contributed by atoms with van der Waals surface area (Å²) in [6, 6.07) is 9.50. The number of likely N-dealkylation sites (N-methyl/N-ethyl adjacent to an activating group) is 1. The number of fused-ring (bicyclic) bond motifs is 1. The molecule has 0 radical (unpaired) electrons. The third-order valence-corrected chi connectivity index (χ3v) is 6.34. The van der Waals surface area contributed by atoms with E-state index in [-0.39, 0.29) is 11.4 Å². The summed E-state index contributed by atoms with van der Waals surface area (Å²) in [5.41, 5.74) is 1.25. The van der Waals surface area contributed by atoms with Gasteiger partial charge in [-0.25, -0.2) is 8.42 Å². The van der Waals surface area contributed by atoms with Crippen molar-refractivity contribution in [3.8, 4) is 11.5 Å². The summed E-state index contributed by atoms with van der Waals surface area (Å²) in [6.07, 6.45) is 0. The van der Waals surface area contributed by atoms with Gasteiger partial charge < -0.3 is 14.8 Å². The number of ether oxygens (including phenoxy) is 2. The van der Waals surface area contributed by atoms with Crippen molar-refractivity contribution in [2.24, 2.45) is 0 Å². The van der Waals surface area contributed by atoms with E-state index in [1.807, 2.05) is 0 Å². The molecule has 3 rings (SSSR count). The fraction of sp³-hybridized carbons (Fsp3) is 0.278. The fourth-order valence-electron chi connectivity index (χ4n) is 2.58. The van der Waals surface area contributed by atoms with Crippen LogP contribution < -0.4 is 14.8 Å². The normalized spacial score (nSPS) is 13.5. The lowest BCUT2D eigenvalue weighted by Gasteiger charge is -2.21. The minimum absolute atomic E-state index is 0.0287. The molecule has 1 heterocycles. The summed E-state index contributed by atoms with van der Waals surface area (Å²) >= 11 is 6.03. The van der Waals surface area contributed by atoms with Crippen molar-refractivity contribution >= 4 is 33.2 Å². The van der Waals surface area contributed by atoms with Crippen molar-refractivity contribution < 1.29 is 22.7 Å². The molecule has 1 amide bonds. The van der Waals surface area contributed by atoms with Crippen molar-refractivity contribution in [1.29, 1.82) is 0 Å². The highest BCUT2D eigenvalue weighted by atomic mass is 35.5. The zero-order chi connectivity index (χ0) is 19.6. The lowest BCUT2D eigenvalue weighted by atomic mass is 10.2. The Morgan fingerprint density at radius 2 is 1.89 bits per heavy atom. The summed E-state index contributed by atoms with van der Waals surface area (Å²) < 4.78 is 37.3. The molecule has 7 nitrogen and oxygen atoms in total. The van der Waals surface area contributed by atoms with Crippen LogP contribution in [0, 0.1) is 6.92 Å². The molecule has 1 N–H and O–H groups in total. The lowest BCUT2D eigenvalue weighted by Crippen LogP contribution is -2.35. The lowest BCUT2D eigenvalue weighted by molar-refractivity contribution is -0.116. The molecule has 1 aliphatic rings. The van der Waals surface area contributed by atoms with Gasteiger partial charge in [0.15, 0.2) is 11.5 Å². The summed E-state index contributed by atoms with van der Waals surface area (Å²) in [4.78, 5) is 12.3. The molecule has 0 spiro atoms. The highest BCUT2D eigenvalue weighted by molar-refractivity contribution is 7.89. The van der Waals surface area contributed by atoms with Crippen molar-refractivity contribution in [3.05, 3.63) is 47.0 Å². The van der Waals surface area contributed by atoms with Crippen LogP contribution in [0.5, 0.6) is 11.5 Å². The molecule has 0 aromatic heterocycles. The van der Waals surface area contributed by atoms with E-state index in [1.54, 1.807) is 31.2 Å². The molecule has 0 aliphatic carbocycles. The molecule has 0 fully saturated rings. The van der Waals surface area contributed by atoms with Crippen LogP contribution in [0.25, 0.3) is 0 Å². The Hall–Kier alpha value is -2.29. The standard InChI is InChI=1S/C18H19ClN2O5S/c1-12-14(19)4-3-5-15(12)20-18(22)11-21(2)27(23,24)13-6-7-16-17(10-13)26-9-8-25-16/h3-7,10H,8-9,11H2,1-2H3,(H,20,22). The number of nitrogens with one attached hydrogen (secondary N) is 1. The van der Waals surface area contributed by atoms with Crippen LogP contribution in [0.1, 0.15) is 5.56 Å². The first-order valence-electron chi connectivity index (χ1n) is 8.20. The Morgan fingerprint density at radius 3 is 2.63 bits per heavy atom. The molecule has 0 unspecified atom stereocenters. The predicted octanol–water partition coefficient (Wildman–Crippen LogP) is 2.68. The van der Waals surface area contributed by atoms with Crippen LogP contribution >= 0.6 is 11.6 Å². The van der Waals surface area contributed by atoms with Gasteiger partial charge in [0.2, 0.25) is 15.9 Å². The molecule has 1 aliphatic heterocycles. The maximum absolute atomic E-state index is 12.8. The average molecular weight is 411 g/mol. The van der Waals surface area contributed by atoms with Gasteiger partial charge in [-0.1, -0.05) is 17.7 Å². The summed E-state index contributed by atoms with van der Waals surface area (Å²) in [5, 5.41) is 3.20. The summed E-state index contributed by atoms with van der Waals surface area (Å²) in [5.74, 6) is 0.399. The summed E-state index contributed by atoms with van der Waals surface area (Å²) in [7, 11) is -2.52. The molecule has 27 heavy (non-hydrogen) atoms. The summed E-state index contributed by atoms with van der Waals surface area (Å²) in [6.45, 7) is 2.20. The van der Waals surface area contributed by atoms with E-state index in [2.05, 4.69) is 5.32 Å². The van der Waals surface area contributed by atoms with E-state index in [9.17, 15) is 13.2 Å². The first kappa shape index (κ1) is 19.5. The van der Waals surface area contributed by atoms with Crippen LogP contribution in [0.3, 0.4) is 0 Å². The number of nitrogens with zero attached hydrogens (tertiary/aromatic N) is 1. The van der Waals surface area contributed by atoms with Crippen molar-refractivity contribution in [3.63, 3.8) is 0 Å². The zero-order valence-electron chi connectivity index (χ0n) is 14.9. The third-order valence-electron chi connectivity index (χ3n) is 4.13. The number of carbonyl (C=O) groups is 1. The van der Waals surface area contributed by atoms with E-state index < -0.39 is 15.9 Å². The van der Waals surface area contributed by atoms with Gasteiger partial charge in [0.1, 0.15) is 13.2 Å². The minimum atomic E-state index is -3.87. The Kier molecular flexibility index (Phi) is 5.59. The zero-order valence-corrected chi connectivity index (χ0v) is 16.4. The molecule has 9 heteroatoms. The number of sulfonamides is 1. The van der Waals surface area contributed by atoms with Crippen molar-refractivity contribution in [2.45, 2.75) is 11.8 Å². The first-order valence-corrected chi connectivity index (χ1v) is 10.0. The van der Waals surface area contributed by atoms with Crippen molar-refractivity contribution in [1.82, 2.24) is 4.31 Å². The highest BCUT2D eigenvalue weighted by Gasteiger charge is 2.25. The molecule has 2 aromatic rings. The van der Waals surface area contributed by atoms with Gasteiger partial charge in [0.05, 0.1) is 11.4 Å². The van der Waals surface area contributed by atoms with Crippen LogP contribution in [-0.2, 0) is 14.8 Å². The SMILES string of the molecule is Cc1c(Cl)cccc1NC(=O)CN(C)S(=O)(=O)c1ccc2c(c1)OCCO2. The van der Waals surface area contributed by atoms with E-state index in [1.165, 1.54) is 19.2 Å². The second-order valence-electron chi connectivity index (χ2n) is 6.03. The van der Waals surface area contributed by atoms with E-state index in [0.29, 0.717) is 41.0 Å². The van der Waals surface area contributed by atoms with Gasteiger partial charge in [-0.05, 0) is 36.8 Å². The number of hydrogen-bond donors (Lipinski definition) is 1. The Balaban J connectivity index is 1.73. The Labute approximate surface area is 162 Å². The molecule has 2 aromatic carbocycles. The van der Waals surface area contributed by atoms with Crippen LogP contribution in [-0.4, -0.2) is 45.4 Å². The number of anilines is 1. The molecular formula is C18H19ClN2O5S. The Bertz CT molecular complexity index is 978. The molecule has 0 bridgehead atoms. The highest BCUT2D eigenvalue weighted by Crippen LogP contribution is 2.33. The van der Waals surface area contributed by atoms with Gasteiger partial charge in [0, 0.05) is 23.8 Å². The van der Waals surface area contributed by atoms with Gasteiger partial charge in [-0.3, -0.25) is 4.79 Å².